The van der Waals surface area contributed by atoms with Crippen LogP contribution >= 0.6 is 0 Å². The summed E-state index contributed by atoms with van der Waals surface area (Å²) in [6, 6.07) is 11.4. The highest BCUT2D eigenvalue weighted by molar-refractivity contribution is 7.93. The van der Waals surface area contributed by atoms with Gasteiger partial charge in [-0.1, -0.05) is 6.07 Å². The first-order valence-corrected chi connectivity index (χ1v) is 12.5. The van der Waals surface area contributed by atoms with Crippen LogP contribution in [0.15, 0.2) is 42.5 Å². The SMILES string of the molecule is COc1ccc(CN(C)C(=O)CS(=O)(=O)Nc2ccc(N3CCCCC3)cc2)cc1OC(F)F. The van der Waals surface area contributed by atoms with Crippen molar-refractivity contribution in [2.75, 3.05) is 42.6 Å². The Morgan fingerprint density at radius 1 is 1.09 bits per heavy atom. The Hall–Kier alpha value is -3.08. The lowest BCUT2D eigenvalue weighted by atomic mass is 10.1. The third-order valence-corrected chi connectivity index (χ3v) is 6.64. The van der Waals surface area contributed by atoms with Gasteiger partial charge >= 0.3 is 6.61 Å². The second-order valence-electron chi connectivity index (χ2n) is 8.07. The van der Waals surface area contributed by atoms with E-state index in [9.17, 15) is 22.0 Å². The largest absolute Gasteiger partial charge is 0.493 e. The fourth-order valence-electron chi connectivity index (χ4n) is 3.75. The summed E-state index contributed by atoms with van der Waals surface area (Å²) in [4.78, 5) is 16.0. The number of piperidine rings is 1. The van der Waals surface area contributed by atoms with Gasteiger partial charge in [-0.3, -0.25) is 9.52 Å². The molecule has 186 valence electrons. The third-order valence-electron chi connectivity index (χ3n) is 5.46. The van der Waals surface area contributed by atoms with E-state index in [1.807, 2.05) is 12.1 Å². The minimum absolute atomic E-state index is 0.00246. The monoisotopic (exact) mass is 497 g/mol. The molecule has 0 saturated carbocycles. The first-order chi connectivity index (χ1) is 16.2. The maximum absolute atomic E-state index is 12.6. The molecule has 1 amide bonds. The average Bonchev–Trinajstić information content (AvgIpc) is 2.79. The molecular formula is C23H29F2N3O5S. The summed E-state index contributed by atoms with van der Waals surface area (Å²) in [6.45, 7) is -1.07. The number of nitrogens with zero attached hydrogens (tertiary/aromatic N) is 2. The lowest BCUT2D eigenvalue weighted by Gasteiger charge is -2.28. The number of rotatable bonds is 10. The van der Waals surface area contributed by atoms with E-state index in [2.05, 4.69) is 14.4 Å². The van der Waals surface area contributed by atoms with Crippen LogP contribution in [0.3, 0.4) is 0 Å². The van der Waals surface area contributed by atoms with Crippen LogP contribution in [0, 0.1) is 0 Å². The summed E-state index contributed by atoms with van der Waals surface area (Å²) < 4.78 is 62.2. The number of nitrogens with one attached hydrogen (secondary N) is 1. The van der Waals surface area contributed by atoms with Gasteiger partial charge in [0, 0.05) is 38.1 Å². The molecular weight excluding hydrogens is 468 g/mol. The zero-order chi connectivity index (χ0) is 24.7. The van der Waals surface area contributed by atoms with Crippen LogP contribution in [0.5, 0.6) is 11.5 Å². The second kappa shape index (κ2) is 11.4. The highest BCUT2D eigenvalue weighted by Gasteiger charge is 2.21. The van der Waals surface area contributed by atoms with Crippen molar-refractivity contribution in [2.45, 2.75) is 32.4 Å². The Morgan fingerprint density at radius 2 is 1.76 bits per heavy atom. The predicted octanol–water partition coefficient (Wildman–Crippen LogP) is 3.69. The Labute approximate surface area is 198 Å². The Kier molecular flexibility index (Phi) is 8.54. The summed E-state index contributed by atoms with van der Waals surface area (Å²) in [5.74, 6) is -1.45. The number of carbonyl (C=O) groups excluding carboxylic acids is 1. The maximum atomic E-state index is 12.6. The first kappa shape index (κ1) is 25.5. The van der Waals surface area contributed by atoms with Crippen LogP contribution in [-0.2, 0) is 21.4 Å². The number of anilines is 2. The number of amides is 1. The Balaban J connectivity index is 1.58. The molecule has 0 bridgehead atoms. The standard InChI is InChI=1S/C23H29F2N3O5S/c1-27(15-17-6-11-20(32-2)21(14-17)33-23(24)25)22(29)16-34(30,31)26-18-7-9-19(10-8-18)28-12-4-3-5-13-28/h6-11,14,23,26H,3-5,12-13,15-16H2,1-2H3. The molecule has 1 aliphatic rings. The predicted molar refractivity (Wildman–Crippen MR) is 126 cm³/mol. The van der Waals surface area contributed by atoms with Gasteiger partial charge in [-0.15, -0.1) is 0 Å². The van der Waals surface area contributed by atoms with E-state index in [0.29, 0.717) is 11.3 Å². The van der Waals surface area contributed by atoms with Gasteiger partial charge in [-0.25, -0.2) is 8.42 Å². The molecule has 1 N–H and O–H groups in total. The molecule has 1 aliphatic heterocycles. The van der Waals surface area contributed by atoms with Crippen LogP contribution in [0.1, 0.15) is 24.8 Å². The molecule has 0 aliphatic carbocycles. The van der Waals surface area contributed by atoms with Crippen molar-refractivity contribution in [3.8, 4) is 11.5 Å². The zero-order valence-electron chi connectivity index (χ0n) is 19.2. The summed E-state index contributed by atoms with van der Waals surface area (Å²) in [5, 5.41) is 0. The third kappa shape index (κ3) is 7.21. The fraction of sp³-hybridized carbons (Fsp3) is 0.435. The van der Waals surface area contributed by atoms with Crippen LogP contribution in [-0.4, -0.2) is 58.8 Å². The summed E-state index contributed by atoms with van der Waals surface area (Å²) >= 11 is 0. The van der Waals surface area contributed by atoms with Gasteiger partial charge in [0.15, 0.2) is 11.5 Å². The number of hydrogen-bond acceptors (Lipinski definition) is 6. The quantitative estimate of drug-likeness (QED) is 0.539. The summed E-state index contributed by atoms with van der Waals surface area (Å²) in [7, 11) is -1.19. The van der Waals surface area contributed by atoms with Crippen molar-refractivity contribution < 1.29 is 31.5 Å². The van der Waals surface area contributed by atoms with Gasteiger partial charge < -0.3 is 19.3 Å². The first-order valence-electron chi connectivity index (χ1n) is 10.9. The van der Waals surface area contributed by atoms with Crippen LogP contribution in [0.4, 0.5) is 20.2 Å². The topological polar surface area (TPSA) is 88.2 Å². The molecule has 1 heterocycles. The Morgan fingerprint density at radius 3 is 2.38 bits per heavy atom. The lowest BCUT2D eigenvalue weighted by Crippen LogP contribution is -2.34. The number of methoxy groups -OCH3 is 1. The molecule has 34 heavy (non-hydrogen) atoms. The number of halogens is 2. The molecule has 1 fully saturated rings. The highest BCUT2D eigenvalue weighted by atomic mass is 32.2. The van der Waals surface area contributed by atoms with Crippen molar-refractivity contribution in [1.82, 2.24) is 4.90 Å². The Bertz CT molecular complexity index is 1070. The van der Waals surface area contributed by atoms with Crippen molar-refractivity contribution >= 4 is 27.3 Å². The molecule has 1 saturated heterocycles. The van der Waals surface area contributed by atoms with E-state index in [-0.39, 0.29) is 18.0 Å². The minimum Gasteiger partial charge on any atom is -0.493 e. The van der Waals surface area contributed by atoms with Gasteiger partial charge in [0.05, 0.1) is 7.11 Å². The van der Waals surface area contributed by atoms with Crippen molar-refractivity contribution in [2.24, 2.45) is 0 Å². The van der Waals surface area contributed by atoms with Gasteiger partial charge in [0.2, 0.25) is 15.9 Å². The van der Waals surface area contributed by atoms with E-state index in [0.717, 1.165) is 31.6 Å². The average molecular weight is 498 g/mol. The fourth-order valence-corrected chi connectivity index (χ4v) is 4.86. The van der Waals surface area contributed by atoms with Crippen LogP contribution in [0.2, 0.25) is 0 Å². The molecule has 0 spiro atoms. The number of carbonyl (C=O) groups is 1. The normalized spacial score (nSPS) is 14.1. The second-order valence-corrected chi connectivity index (χ2v) is 9.79. The number of hydrogen-bond donors (Lipinski definition) is 1. The maximum Gasteiger partial charge on any atom is 0.387 e. The molecule has 0 aromatic heterocycles. The molecule has 0 atom stereocenters. The molecule has 2 aromatic carbocycles. The van der Waals surface area contributed by atoms with E-state index >= 15 is 0 Å². The van der Waals surface area contributed by atoms with E-state index in [4.69, 9.17) is 4.74 Å². The number of benzene rings is 2. The summed E-state index contributed by atoms with van der Waals surface area (Å²) in [6.07, 6.45) is 3.50. The molecule has 2 aromatic rings. The number of ether oxygens (including phenoxy) is 2. The van der Waals surface area contributed by atoms with Crippen molar-refractivity contribution in [3.63, 3.8) is 0 Å². The molecule has 0 unspecified atom stereocenters. The van der Waals surface area contributed by atoms with Gasteiger partial charge in [0.1, 0.15) is 5.75 Å². The van der Waals surface area contributed by atoms with Crippen molar-refractivity contribution in [3.05, 3.63) is 48.0 Å². The van der Waals surface area contributed by atoms with E-state index in [1.54, 1.807) is 18.2 Å². The van der Waals surface area contributed by atoms with Crippen LogP contribution < -0.4 is 19.1 Å². The molecule has 3 rings (SSSR count). The van der Waals surface area contributed by atoms with Gasteiger partial charge in [-0.2, -0.15) is 8.78 Å². The smallest absolute Gasteiger partial charge is 0.387 e. The summed E-state index contributed by atoms with van der Waals surface area (Å²) in [5.41, 5.74) is 1.89. The van der Waals surface area contributed by atoms with Gasteiger partial charge in [0.25, 0.3) is 0 Å². The molecule has 8 nitrogen and oxygen atoms in total. The van der Waals surface area contributed by atoms with Crippen molar-refractivity contribution in [1.29, 1.82) is 0 Å². The van der Waals surface area contributed by atoms with Crippen LogP contribution in [0.25, 0.3) is 0 Å². The molecule has 11 heteroatoms. The minimum atomic E-state index is -3.94. The lowest BCUT2D eigenvalue weighted by molar-refractivity contribution is -0.127. The number of alkyl halides is 2. The zero-order valence-corrected chi connectivity index (χ0v) is 20.0. The van der Waals surface area contributed by atoms with Gasteiger partial charge in [-0.05, 0) is 61.2 Å². The van der Waals surface area contributed by atoms with E-state index in [1.165, 1.54) is 37.6 Å². The van der Waals surface area contributed by atoms with E-state index < -0.39 is 28.3 Å². The molecule has 0 radical (unpaired) electrons. The highest BCUT2D eigenvalue weighted by Crippen LogP contribution is 2.30. The number of sulfonamides is 1.